The fourth-order valence-corrected chi connectivity index (χ4v) is 2.41. The fourth-order valence-electron chi connectivity index (χ4n) is 2.41. The van der Waals surface area contributed by atoms with Gasteiger partial charge in [0.2, 0.25) is 0 Å². The van der Waals surface area contributed by atoms with Crippen LogP contribution in [0.3, 0.4) is 0 Å². The van der Waals surface area contributed by atoms with Crippen molar-refractivity contribution in [2.45, 2.75) is 26.7 Å². The van der Waals surface area contributed by atoms with Crippen LogP contribution in [-0.2, 0) is 0 Å². The van der Waals surface area contributed by atoms with Gasteiger partial charge in [0.05, 0.1) is 11.4 Å². The molecule has 0 radical (unpaired) electrons. The van der Waals surface area contributed by atoms with E-state index in [1.54, 1.807) is 0 Å². The summed E-state index contributed by atoms with van der Waals surface area (Å²) in [6, 6.07) is 4.45. The Morgan fingerprint density at radius 1 is 0.875 bits per heavy atom. The highest BCUT2D eigenvalue weighted by atomic mass is 14.8. The summed E-state index contributed by atoms with van der Waals surface area (Å²) in [6.07, 6.45) is 3.84. The molecule has 2 heteroatoms. The van der Waals surface area contributed by atoms with Crippen LogP contribution in [0.15, 0.2) is 24.5 Å². The lowest BCUT2D eigenvalue weighted by atomic mass is 9.99. The summed E-state index contributed by atoms with van der Waals surface area (Å²) in [4.78, 5) is 9.04. The zero-order valence-corrected chi connectivity index (χ0v) is 9.78. The molecule has 0 saturated heterocycles. The van der Waals surface area contributed by atoms with E-state index in [0.717, 1.165) is 11.4 Å². The first-order valence-electron chi connectivity index (χ1n) is 5.60. The SMILES string of the molecule is Cc1cnc2c(c1)C(C)c1cc(C)cnc1-2. The van der Waals surface area contributed by atoms with Gasteiger partial charge in [-0.1, -0.05) is 19.1 Å². The molecule has 2 aromatic rings. The predicted molar refractivity (Wildman–Crippen MR) is 64.5 cm³/mol. The van der Waals surface area contributed by atoms with Gasteiger partial charge in [-0.15, -0.1) is 0 Å². The zero-order chi connectivity index (χ0) is 11.3. The van der Waals surface area contributed by atoms with Crippen molar-refractivity contribution >= 4 is 0 Å². The van der Waals surface area contributed by atoms with Crippen LogP contribution in [0.5, 0.6) is 0 Å². The molecule has 0 spiro atoms. The molecule has 1 aliphatic rings. The molecule has 0 atom stereocenters. The minimum Gasteiger partial charge on any atom is -0.254 e. The van der Waals surface area contributed by atoms with Crippen LogP contribution in [0.1, 0.15) is 35.1 Å². The third-order valence-corrected chi connectivity index (χ3v) is 3.27. The minimum atomic E-state index is 0.421. The van der Waals surface area contributed by atoms with E-state index >= 15 is 0 Å². The average molecular weight is 210 g/mol. The van der Waals surface area contributed by atoms with Crippen LogP contribution in [0.2, 0.25) is 0 Å². The Hall–Kier alpha value is -1.70. The number of aromatic nitrogens is 2. The second kappa shape index (κ2) is 3.14. The van der Waals surface area contributed by atoms with E-state index in [9.17, 15) is 0 Å². The van der Waals surface area contributed by atoms with E-state index in [2.05, 4.69) is 42.9 Å². The van der Waals surface area contributed by atoms with E-state index in [-0.39, 0.29) is 0 Å². The molecule has 0 fully saturated rings. The molecule has 0 saturated carbocycles. The second-order valence-corrected chi connectivity index (χ2v) is 4.62. The van der Waals surface area contributed by atoms with Crippen LogP contribution >= 0.6 is 0 Å². The number of nitrogens with zero attached hydrogens (tertiary/aromatic N) is 2. The van der Waals surface area contributed by atoms with Gasteiger partial charge in [0.25, 0.3) is 0 Å². The van der Waals surface area contributed by atoms with Gasteiger partial charge < -0.3 is 0 Å². The quantitative estimate of drug-likeness (QED) is 0.667. The molecule has 2 nitrogen and oxygen atoms in total. The van der Waals surface area contributed by atoms with Crippen LogP contribution in [0.4, 0.5) is 0 Å². The predicted octanol–water partition coefficient (Wildman–Crippen LogP) is 3.23. The van der Waals surface area contributed by atoms with Crippen LogP contribution in [-0.4, -0.2) is 9.97 Å². The monoisotopic (exact) mass is 210 g/mol. The zero-order valence-electron chi connectivity index (χ0n) is 9.78. The van der Waals surface area contributed by atoms with Gasteiger partial charge >= 0.3 is 0 Å². The molecule has 0 aromatic carbocycles. The standard InChI is InChI=1S/C14H14N2/c1-8-4-11-10(3)12-5-9(2)7-16-14(12)13(11)15-6-8/h4-7,10H,1-3H3. The maximum atomic E-state index is 4.52. The van der Waals surface area contributed by atoms with Gasteiger partial charge in [-0.05, 0) is 36.1 Å². The number of hydrogen-bond donors (Lipinski definition) is 0. The molecule has 80 valence electrons. The molecule has 2 heterocycles. The van der Waals surface area contributed by atoms with E-state index < -0.39 is 0 Å². The van der Waals surface area contributed by atoms with Crippen molar-refractivity contribution in [1.29, 1.82) is 0 Å². The summed E-state index contributed by atoms with van der Waals surface area (Å²) in [5.41, 5.74) is 7.19. The Balaban J connectivity index is 2.30. The number of fused-ring (bicyclic) bond motifs is 3. The largest absolute Gasteiger partial charge is 0.254 e. The normalized spacial score (nSPS) is 13.7. The first kappa shape index (κ1) is 9.52. The van der Waals surface area contributed by atoms with E-state index in [1.165, 1.54) is 22.3 Å². The van der Waals surface area contributed by atoms with Gasteiger partial charge in [-0.3, -0.25) is 9.97 Å². The molecule has 2 aromatic heterocycles. The summed E-state index contributed by atoms with van der Waals surface area (Å²) in [5.74, 6) is 0.421. The highest BCUT2D eigenvalue weighted by molar-refractivity contribution is 5.72. The fraction of sp³-hybridized carbons (Fsp3) is 0.286. The van der Waals surface area contributed by atoms with Crippen molar-refractivity contribution in [3.05, 3.63) is 46.8 Å². The van der Waals surface area contributed by atoms with Crippen LogP contribution in [0, 0.1) is 13.8 Å². The molecular weight excluding hydrogens is 196 g/mol. The molecule has 0 N–H and O–H groups in total. The third-order valence-electron chi connectivity index (χ3n) is 3.27. The summed E-state index contributed by atoms with van der Waals surface area (Å²) in [5, 5.41) is 0. The molecule has 3 rings (SSSR count). The molecular formula is C14H14N2. The Morgan fingerprint density at radius 3 is 1.75 bits per heavy atom. The van der Waals surface area contributed by atoms with Gasteiger partial charge in [-0.2, -0.15) is 0 Å². The van der Waals surface area contributed by atoms with Crippen molar-refractivity contribution in [2.75, 3.05) is 0 Å². The Kier molecular flexibility index (Phi) is 1.87. The third kappa shape index (κ3) is 1.19. The first-order chi connectivity index (χ1) is 7.66. The highest BCUT2D eigenvalue weighted by Crippen LogP contribution is 2.42. The number of pyridine rings is 2. The first-order valence-corrected chi connectivity index (χ1v) is 5.60. The van der Waals surface area contributed by atoms with Gasteiger partial charge in [0.15, 0.2) is 0 Å². The Labute approximate surface area is 95.4 Å². The van der Waals surface area contributed by atoms with Crippen molar-refractivity contribution in [1.82, 2.24) is 9.97 Å². The highest BCUT2D eigenvalue weighted by Gasteiger charge is 2.27. The van der Waals surface area contributed by atoms with E-state index in [0.29, 0.717) is 5.92 Å². The van der Waals surface area contributed by atoms with Gasteiger partial charge in [0.1, 0.15) is 0 Å². The molecule has 0 bridgehead atoms. The maximum Gasteiger partial charge on any atom is 0.0927 e. The lowest BCUT2D eigenvalue weighted by Crippen LogP contribution is -1.91. The maximum absolute atomic E-state index is 4.52. The minimum absolute atomic E-state index is 0.421. The second-order valence-electron chi connectivity index (χ2n) is 4.62. The smallest absolute Gasteiger partial charge is 0.0927 e. The van der Waals surface area contributed by atoms with Gasteiger partial charge in [-0.25, -0.2) is 0 Å². The Morgan fingerprint density at radius 2 is 1.31 bits per heavy atom. The Bertz CT molecular complexity index is 521. The van der Waals surface area contributed by atoms with Crippen LogP contribution < -0.4 is 0 Å². The molecule has 0 unspecified atom stereocenters. The lowest BCUT2D eigenvalue weighted by molar-refractivity contribution is 0.942. The van der Waals surface area contributed by atoms with E-state index in [4.69, 9.17) is 0 Å². The topological polar surface area (TPSA) is 25.8 Å². The lowest BCUT2D eigenvalue weighted by Gasteiger charge is -2.05. The number of rotatable bonds is 0. The van der Waals surface area contributed by atoms with Gasteiger partial charge in [0, 0.05) is 18.3 Å². The average Bonchev–Trinajstić information content (AvgIpc) is 2.53. The number of aryl methyl sites for hydroxylation is 2. The van der Waals surface area contributed by atoms with Crippen molar-refractivity contribution in [3.8, 4) is 11.4 Å². The summed E-state index contributed by atoms with van der Waals surface area (Å²) in [7, 11) is 0. The summed E-state index contributed by atoms with van der Waals surface area (Å²) >= 11 is 0. The van der Waals surface area contributed by atoms with Crippen molar-refractivity contribution < 1.29 is 0 Å². The number of hydrogen-bond acceptors (Lipinski definition) is 2. The van der Waals surface area contributed by atoms with Crippen molar-refractivity contribution in [2.24, 2.45) is 0 Å². The summed E-state index contributed by atoms with van der Waals surface area (Å²) < 4.78 is 0. The molecule has 16 heavy (non-hydrogen) atoms. The molecule has 0 aliphatic heterocycles. The van der Waals surface area contributed by atoms with E-state index in [1.807, 2.05) is 12.4 Å². The molecule has 0 amide bonds. The van der Waals surface area contributed by atoms with Crippen LogP contribution in [0.25, 0.3) is 11.4 Å². The summed E-state index contributed by atoms with van der Waals surface area (Å²) in [6.45, 7) is 6.40. The molecule has 1 aliphatic carbocycles. The van der Waals surface area contributed by atoms with Crippen molar-refractivity contribution in [3.63, 3.8) is 0 Å².